The highest BCUT2D eigenvalue weighted by Crippen LogP contribution is 2.27. The van der Waals surface area contributed by atoms with E-state index in [1.807, 2.05) is 12.3 Å². The highest BCUT2D eigenvalue weighted by molar-refractivity contribution is 9.10. The molecule has 0 spiro atoms. The molecule has 0 aliphatic rings. The molecule has 5 nitrogen and oxygen atoms in total. The Morgan fingerprint density at radius 1 is 1.25 bits per heavy atom. The Kier molecular flexibility index (Phi) is 2.40. The molecule has 98 valence electrons. The number of fused-ring (bicyclic) bond motifs is 2. The lowest BCUT2D eigenvalue weighted by molar-refractivity contribution is 0.946. The molecule has 4 rings (SSSR count). The van der Waals surface area contributed by atoms with Crippen molar-refractivity contribution in [2.45, 2.75) is 6.92 Å². The second-order valence-electron chi connectivity index (χ2n) is 4.67. The maximum Gasteiger partial charge on any atom is 0.142 e. The van der Waals surface area contributed by atoms with E-state index in [4.69, 9.17) is 0 Å². The van der Waals surface area contributed by atoms with E-state index < -0.39 is 0 Å². The summed E-state index contributed by atoms with van der Waals surface area (Å²) in [6, 6.07) is 4.09. The van der Waals surface area contributed by atoms with Gasteiger partial charge in [-0.1, -0.05) is 15.9 Å². The maximum absolute atomic E-state index is 4.69. The van der Waals surface area contributed by atoms with Crippen molar-refractivity contribution in [3.63, 3.8) is 0 Å². The van der Waals surface area contributed by atoms with Crippen LogP contribution in [-0.2, 0) is 0 Å². The van der Waals surface area contributed by atoms with Gasteiger partial charge in [0.25, 0.3) is 0 Å². The Morgan fingerprint density at radius 3 is 3.05 bits per heavy atom. The second kappa shape index (κ2) is 4.14. The Balaban J connectivity index is 2.01. The minimum absolute atomic E-state index is 0.809. The van der Waals surface area contributed by atoms with Crippen molar-refractivity contribution in [3.8, 4) is 11.4 Å². The zero-order valence-electron chi connectivity index (χ0n) is 10.6. The van der Waals surface area contributed by atoms with Gasteiger partial charge in [-0.3, -0.25) is 4.98 Å². The van der Waals surface area contributed by atoms with Gasteiger partial charge in [0, 0.05) is 16.9 Å². The first-order valence-corrected chi connectivity index (χ1v) is 6.95. The van der Waals surface area contributed by atoms with Gasteiger partial charge in [0.15, 0.2) is 0 Å². The van der Waals surface area contributed by atoms with Crippen LogP contribution in [0.5, 0.6) is 0 Å². The van der Waals surface area contributed by atoms with Crippen LogP contribution in [0.25, 0.3) is 27.9 Å². The summed E-state index contributed by atoms with van der Waals surface area (Å²) in [5.74, 6) is 0.809. The van der Waals surface area contributed by atoms with Crippen LogP contribution in [0.15, 0.2) is 41.4 Å². The predicted octanol–water partition coefficient (Wildman–Crippen LogP) is 3.34. The van der Waals surface area contributed by atoms with Gasteiger partial charge >= 0.3 is 0 Å². The SMILES string of the molecule is Cc1cc(Br)cc2[nH]c(-c3cnn4ccncc34)nc12. The van der Waals surface area contributed by atoms with Crippen LogP contribution in [0.2, 0.25) is 0 Å². The van der Waals surface area contributed by atoms with Gasteiger partial charge in [0.2, 0.25) is 0 Å². The number of aromatic amines is 1. The van der Waals surface area contributed by atoms with E-state index in [0.29, 0.717) is 0 Å². The Labute approximate surface area is 122 Å². The van der Waals surface area contributed by atoms with Crippen molar-refractivity contribution in [2.75, 3.05) is 0 Å². The maximum atomic E-state index is 4.69. The van der Waals surface area contributed by atoms with Gasteiger partial charge < -0.3 is 4.98 Å². The third kappa shape index (κ3) is 1.65. The lowest BCUT2D eigenvalue weighted by atomic mass is 10.2. The number of aryl methyl sites for hydroxylation is 1. The first kappa shape index (κ1) is 11.6. The summed E-state index contributed by atoms with van der Waals surface area (Å²) >= 11 is 3.51. The summed E-state index contributed by atoms with van der Waals surface area (Å²) in [5.41, 5.74) is 5.00. The molecule has 0 saturated heterocycles. The Bertz CT molecular complexity index is 937. The average Bonchev–Trinajstić information content (AvgIpc) is 3.01. The largest absolute Gasteiger partial charge is 0.338 e. The number of hydrogen-bond donors (Lipinski definition) is 1. The summed E-state index contributed by atoms with van der Waals surface area (Å²) in [7, 11) is 0. The topological polar surface area (TPSA) is 58.9 Å². The third-order valence-electron chi connectivity index (χ3n) is 3.32. The van der Waals surface area contributed by atoms with Crippen molar-refractivity contribution in [1.82, 2.24) is 24.6 Å². The molecule has 1 aromatic carbocycles. The van der Waals surface area contributed by atoms with Gasteiger partial charge in [-0.05, 0) is 24.6 Å². The second-order valence-corrected chi connectivity index (χ2v) is 5.58. The molecule has 0 atom stereocenters. The summed E-state index contributed by atoms with van der Waals surface area (Å²) < 4.78 is 2.83. The number of nitrogens with one attached hydrogen (secondary N) is 1. The van der Waals surface area contributed by atoms with Gasteiger partial charge in [-0.15, -0.1) is 0 Å². The van der Waals surface area contributed by atoms with E-state index in [2.05, 4.69) is 49.0 Å². The van der Waals surface area contributed by atoms with E-state index in [9.17, 15) is 0 Å². The highest BCUT2D eigenvalue weighted by atomic mass is 79.9. The number of benzene rings is 1. The smallest absolute Gasteiger partial charge is 0.142 e. The third-order valence-corrected chi connectivity index (χ3v) is 3.78. The summed E-state index contributed by atoms with van der Waals surface area (Å²) in [6.07, 6.45) is 7.13. The Morgan fingerprint density at radius 2 is 2.15 bits per heavy atom. The minimum atomic E-state index is 0.809. The van der Waals surface area contributed by atoms with Gasteiger partial charge in [0.05, 0.1) is 34.5 Å². The van der Waals surface area contributed by atoms with Crippen LogP contribution in [0.4, 0.5) is 0 Å². The first-order valence-electron chi connectivity index (χ1n) is 6.16. The Hall–Kier alpha value is -2.21. The zero-order chi connectivity index (χ0) is 13.7. The molecule has 0 saturated carbocycles. The van der Waals surface area contributed by atoms with Gasteiger partial charge in [0.1, 0.15) is 5.82 Å². The van der Waals surface area contributed by atoms with Crippen LogP contribution < -0.4 is 0 Å². The molecule has 0 amide bonds. The predicted molar refractivity (Wildman–Crippen MR) is 80.5 cm³/mol. The van der Waals surface area contributed by atoms with E-state index >= 15 is 0 Å². The van der Waals surface area contributed by atoms with E-state index in [1.165, 1.54) is 0 Å². The molecule has 0 unspecified atom stereocenters. The first-order chi connectivity index (χ1) is 9.72. The lowest BCUT2D eigenvalue weighted by Crippen LogP contribution is -1.86. The number of halogens is 1. The fourth-order valence-electron chi connectivity index (χ4n) is 2.39. The number of H-pyrrole nitrogens is 1. The summed E-state index contributed by atoms with van der Waals surface area (Å²) in [4.78, 5) is 12.2. The summed E-state index contributed by atoms with van der Waals surface area (Å²) in [6.45, 7) is 2.05. The number of rotatable bonds is 1. The van der Waals surface area contributed by atoms with Crippen molar-refractivity contribution in [2.24, 2.45) is 0 Å². The van der Waals surface area contributed by atoms with Gasteiger partial charge in [-0.25, -0.2) is 9.50 Å². The molecule has 3 heterocycles. The van der Waals surface area contributed by atoms with Crippen LogP contribution >= 0.6 is 15.9 Å². The number of aromatic nitrogens is 5. The molecular weight excluding hydrogens is 318 g/mol. The molecule has 6 heteroatoms. The molecule has 0 bridgehead atoms. The monoisotopic (exact) mass is 327 g/mol. The number of nitrogens with zero attached hydrogens (tertiary/aromatic N) is 4. The zero-order valence-corrected chi connectivity index (χ0v) is 12.2. The fourth-order valence-corrected chi connectivity index (χ4v) is 2.96. The average molecular weight is 328 g/mol. The quantitative estimate of drug-likeness (QED) is 0.583. The van der Waals surface area contributed by atoms with Crippen LogP contribution in [0, 0.1) is 6.92 Å². The van der Waals surface area contributed by atoms with Gasteiger partial charge in [-0.2, -0.15) is 5.10 Å². The molecule has 1 N–H and O–H groups in total. The molecule has 20 heavy (non-hydrogen) atoms. The van der Waals surface area contributed by atoms with Crippen LogP contribution in [0.1, 0.15) is 5.56 Å². The fraction of sp³-hybridized carbons (Fsp3) is 0.0714. The minimum Gasteiger partial charge on any atom is -0.338 e. The summed E-state index contributed by atoms with van der Waals surface area (Å²) in [5, 5.41) is 4.31. The molecular formula is C14H10BrN5. The standard InChI is InChI=1S/C14H10BrN5/c1-8-4-9(15)5-11-13(8)19-14(18-11)10-6-17-20-3-2-16-7-12(10)20/h2-7H,1H3,(H,18,19). The van der Waals surface area contributed by atoms with Crippen molar-refractivity contribution >= 4 is 32.5 Å². The molecule has 0 radical (unpaired) electrons. The van der Waals surface area contributed by atoms with Crippen LogP contribution in [0.3, 0.4) is 0 Å². The van der Waals surface area contributed by atoms with Crippen molar-refractivity contribution < 1.29 is 0 Å². The number of hydrogen-bond acceptors (Lipinski definition) is 3. The molecule has 0 aliphatic carbocycles. The van der Waals surface area contributed by atoms with Crippen molar-refractivity contribution in [1.29, 1.82) is 0 Å². The van der Waals surface area contributed by atoms with Crippen molar-refractivity contribution in [3.05, 3.63) is 47.0 Å². The molecule has 0 fully saturated rings. The van der Waals surface area contributed by atoms with E-state index in [-0.39, 0.29) is 0 Å². The van der Waals surface area contributed by atoms with Crippen LogP contribution in [-0.4, -0.2) is 24.6 Å². The lowest BCUT2D eigenvalue weighted by Gasteiger charge is -1.94. The molecule has 4 aromatic rings. The van der Waals surface area contributed by atoms with E-state index in [1.54, 1.807) is 23.1 Å². The van der Waals surface area contributed by atoms with E-state index in [0.717, 1.165) is 38.0 Å². The molecule has 3 aromatic heterocycles. The number of imidazole rings is 1. The molecule has 0 aliphatic heterocycles. The normalized spacial score (nSPS) is 11.5. The highest BCUT2D eigenvalue weighted by Gasteiger charge is 2.12.